The second-order valence-corrected chi connectivity index (χ2v) is 6.10. The molecule has 1 heterocycles. The summed E-state index contributed by atoms with van der Waals surface area (Å²) in [4.78, 5) is 26.0. The van der Waals surface area contributed by atoms with Crippen LogP contribution < -0.4 is 5.32 Å². The lowest BCUT2D eigenvalue weighted by molar-refractivity contribution is -0.136. The zero-order valence-electron chi connectivity index (χ0n) is 13.6. The van der Waals surface area contributed by atoms with Crippen LogP contribution in [0.15, 0.2) is 33.9 Å². The molecule has 1 N–H and O–H groups in total. The maximum atomic E-state index is 14.3. The molecule has 0 aliphatic carbocycles. The van der Waals surface area contributed by atoms with Gasteiger partial charge in [-0.15, -0.1) is 0 Å². The molecular weight excluding hydrogens is 383 g/mol. The highest BCUT2D eigenvalue weighted by molar-refractivity contribution is 9.10. The molecule has 0 radical (unpaired) electrons. The molecule has 1 atom stereocenters. The molecule has 1 aliphatic heterocycles. The predicted octanol–water partition coefficient (Wildman–Crippen LogP) is 2.75. The number of methoxy groups -OCH3 is 2. The smallest absolute Gasteiger partial charge is 0.337 e. The second kappa shape index (κ2) is 7.76. The number of carbonyl (C=O) groups is 2. The standard InChI is InChI=1S/C16H18BrFN2O4/c1-9-13(15(21)24-3)14(11-8-10(17)4-5-12(11)18)19-16(22)20(9)6-7-23-2/h4-5,8,14H,6-7H2,1-3H3,(H,19,22)/t14-/m0/s1. The Morgan fingerprint density at radius 2 is 2.12 bits per heavy atom. The van der Waals surface area contributed by atoms with Crippen LogP contribution >= 0.6 is 15.9 Å². The molecule has 130 valence electrons. The Hall–Kier alpha value is -1.93. The lowest BCUT2D eigenvalue weighted by Crippen LogP contribution is -2.49. The quantitative estimate of drug-likeness (QED) is 0.771. The third-order valence-electron chi connectivity index (χ3n) is 3.79. The molecule has 0 spiro atoms. The number of rotatable bonds is 5. The molecule has 6 nitrogen and oxygen atoms in total. The number of esters is 1. The molecule has 0 bridgehead atoms. The minimum absolute atomic E-state index is 0.184. The number of halogens is 2. The van der Waals surface area contributed by atoms with Gasteiger partial charge in [0.05, 0.1) is 31.9 Å². The summed E-state index contributed by atoms with van der Waals surface area (Å²) < 4.78 is 24.7. The topological polar surface area (TPSA) is 67.9 Å². The zero-order valence-corrected chi connectivity index (χ0v) is 15.1. The van der Waals surface area contributed by atoms with Gasteiger partial charge in [-0.05, 0) is 25.1 Å². The normalized spacial score (nSPS) is 17.8. The Bertz CT molecular complexity index is 693. The summed E-state index contributed by atoms with van der Waals surface area (Å²) in [6.07, 6.45) is 0. The van der Waals surface area contributed by atoms with Crippen molar-refractivity contribution < 1.29 is 23.5 Å². The van der Waals surface area contributed by atoms with Crippen LogP contribution in [-0.2, 0) is 14.3 Å². The Labute approximate surface area is 147 Å². The van der Waals surface area contributed by atoms with Gasteiger partial charge in [0.25, 0.3) is 0 Å². The van der Waals surface area contributed by atoms with E-state index in [2.05, 4.69) is 21.2 Å². The largest absolute Gasteiger partial charge is 0.466 e. The fraction of sp³-hybridized carbons (Fsp3) is 0.375. The van der Waals surface area contributed by atoms with Crippen LogP contribution in [0.1, 0.15) is 18.5 Å². The molecule has 0 aromatic heterocycles. The van der Waals surface area contributed by atoms with Gasteiger partial charge in [0.2, 0.25) is 0 Å². The predicted molar refractivity (Wildman–Crippen MR) is 88.7 cm³/mol. The highest BCUT2D eigenvalue weighted by atomic mass is 79.9. The number of hydrogen-bond donors (Lipinski definition) is 1. The molecule has 2 amide bonds. The fourth-order valence-corrected chi connectivity index (χ4v) is 2.96. The first kappa shape index (κ1) is 18.4. The number of nitrogens with one attached hydrogen (secondary N) is 1. The fourth-order valence-electron chi connectivity index (χ4n) is 2.58. The van der Waals surface area contributed by atoms with E-state index in [1.807, 2.05) is 0 Å². The van der Waals surface area contributed by atoms with Gasteiger partial charge in [-0.25, -0.2) is 14.0 Å². The van der Waals surface area contributed by atoms with Gasteiger partial charge in [0.1, 0.15) is 5.82 Å². The molecule has 2 rings (SSSR count). The van der Waals surface area contributed by atoms with Crippen molar-refractivity contribution in [1.82, 2.24) is 10.2 Å². The summed E-state index contributed by atoms with van der Waals surface area (Å²) in [5, 5.41) is 2.67. The van der Waals surface area contributed by atoms with Crippen molar-refractivity contribution >= 4 is 27.9 Å². The minimum atomic E-state index is -0.929. The van der Waals surface area contributed by atoms with Gasteiger partial charge in [0.15, 0.2) is 0 Å². The van der Waals surface area contributed by atoms with Gasteiger partial charge >= 0.3 is 12.0 Å². The van der Waals surface area contributed by atoms with Crippen LogP contribution in [0.5, 0.6) is 0 Å². The molecule has 0 fully saturated rings. The maximum Gasteiger partial charge on any atom is 0.337 e. The third kappa shape index (κ3) is 3.59. The van der Waals surface area contributed by atoms with E-state index in [0.717, 1.165) is 0 Å². The van der Waals surface area contributed by atoms with Crippen molar-refractivity contribution in [2.75, 3.05) is 27.4 Å². The van der Waals surface area contributed by atoms with E-state index in [0.29, 0.717) is 16.8 Å². The average Bonchev–Trinajstić information content (AvgIpc) is 2.55. The Morgan fingerprint density at radius 3 is 2.75 bits per heavy atom. The number of benzene rings is 1. The van der Waals surface area contributed by atoms with Crippen LogP contribution in [0.2, 0.25) is 0 Å². The number of allylic oxidation sites excluding steroid dienone is 1. The molecule has 0 saturated heterocycles. The zero-order chi connectivity index (χ0) is 17.9. The molecule has 24 heavy (non-hydrogen) atoms. The van der Waals surface area contributed by atoms with Crippen LogP contribution in [-0.4, -0.2) is 44.3 Å². The monoisotopic (exact) mass is 400 g/mol. The molecule has 1 aromatic carbocycles. The summed E-state index contributed by atoms with van der Waals surface area (Å²) >= 11 is 3.27. The van der Waals surface area contributed by atoms with E-state index >= 15 is 0 Å². The van der Waals surface area contributed by atoms with Gasteiger partial charge in [-0.1, -0.05) is 15.9 Å². The number of ether oxygens (including phenoxy) is 2. The third-order valence-corrected chi connectivity index (χ3v) is 4.28. The van der Waals surface area contributed by atoms with Crippen molar-refractivity contribution in [1.29, 1.82) is 0 Å². The summed E-state index contributed by atoms with van der Waals surface area (Å²) in [6, 6.07) is 2.99. The molecule has 8 heteroatoms. The highest BCUT2D eigenvalue weighted by Gasteiger charge is 2.37. The maximum absolute atomic E-state index is 14.3. The lowest BCUT2D eigenvalue weighted by atomic mass is 9.94. The Morgan fingerprint density at radius 1 is 1.42 bits per heavy atom. The molecule has 0 saturated carbocycles. The molecule has 1 aliphatic rings. The van der Waals surface area contributed by atoms with E-state index in [9.17, 15) is 14.0 Å². The number of hydrogen-bond acceptors (Lipinski definition) is 4. The average molecular weight is 401 g/mol. The number of nitrogens with zero attached hydrogens (tertiary/aromatic N) is 1. The highest BCUT2D eigenvalue weighted by Crippen LogP contribution is 2.33. The van der Waals surface area contributed by atoms with Crippen molar-refractivity contribution in [3.63, 3.8) is 0 Å². The first-order chi connectivity index (χ1) is 11.4. The summed E-state index contributed by atoms with van der Waals surface area (Å²) in [6.45, 7) is 2.20. The van der Waals surface area contributed by atoms with Crippen LogP contribution in [0.25, 0.3) is 0 Å². The second-order valence-electron chi connectivity index (χ2n) is 5.18. The van der Waals surface area contributed by atoms with Gasteiger partial charge < -0.3 is 14.8 Å². The van der Waals surface area contributed by atoms with Crippen LogP contribution in [0.4, 0.5) is 9.18 Å². The van der Waals surface area contributed by atoms with Gasteiger partial charge in [0, 0.05) is 22.8 Å². The summed E-state index contributed by atoms with van der Waals surface area (Å²) in [5.41, 5.74) is 0.779. The molecular formula is C16H18BrFN2O4. The van der Waals surface area contributed by atoms with Crippen LogP contribution in [0.3, 0.4) is 0 Å². The van der Waals surface area contributed by atoms with E-state index in [1.165, 1.54) is 31.3 Å². The Balaban J connectivity index is 2.54. The first-order valence-electron chi connectivity index (χ1n) is 7.21. The van der Waals surface area contributed by atoms with Crippen LogP contribution in [0, 0.1) is 5.82 Å². The number of urea groups is 1. The SMILES string of the molecule is COCCN1C(=O)N[C@@H](c2cc(Br)ccc2F)C(C(=O)OC)=C1C. The minimum Gasteiger partial charge on any atom is -0.466 e. The Kier molecular flexibility index (Phi) is 5.95. The number of amides is 2. The van der Waals surface area contributed by atoms with E-state index in [4.69, 9.17) is 9.47 Å². The number of carbonyl (C=O) groups excluding carboxylic acids is 2. The lowest BCUT2D eigenvalue weighted by Gasteiger charge is -2.35. The molecule has 1 aromatic rings. The first-order valence-corrected chi connectivity index (χ1v) is 8.01. The van der Waals surface area contributed by atoms with Crippen molar-refractivity contribution in [2.45, 2.75) is 13.0 Å². The molecule has 0 unspecified atom stereocenters. The van der Waals surface area contributed by atoms with Crippen molar-refractivity contribution in [2.24, 2.45) is 0 Å². The van der Waals surface area contributed by atoms with Crippen molar-refractivity contribution in [3.8, 4) is 0 Å². The van der Waals surface area contributed by atoms with Crippen molar-refractivity contribution in [3.05, 3.63) is 45.3 Å². The van der Waals surface area contributed by atoms with E-state index in [-0.39, 0.29) is 17.7 Å². The van der Waals surface area contributed by atoms with E-state index in [1.54, 1.807) is 13.0 Å². The van der Waals surface area contributed by atoms with E-state index < -0.39 is 23.9 Å². The summed E-state index contributed by atoms with van der Waals surface area (Å²) in [7, 11) is 2.76. The summed E-state index contributed by atoms with van der Waals surface area (Å²) in [5.74, 6) is -1.15. The van der Waals surface area contributed by atoms with Gasteiger partial charge in [-0.2, -0.15) is 0 Å². The van der Waals surface area contributed by atoms with Gasteiger partial charge in [-0.3, -0.25) is 4.90 Å².